The van der Waals surface area contributed by atoms with Crippen molar-refractivity contribution < 1.29 is 38.1 Å². The van der Waals surface area contributed by atoms with Crippen LogP contribution < -0.4 is 18.9 Å². The molecule has 0 saturated carbocycles. The Morgan fingerprint density at radius 1 is 1.16 bits per heavy atom. The van der Waals surface area contributed by atoms with Crippen LogP contribution in [0.2, 0.25) is 0 Å². The fraction of sp³-hybridized carbons (Fsp3) is 0.409. The molecule has 1 saturated heterocycles. The number of methoxy groups -OCH3 is 2. The first-order chi connectivity index (χ1) is 15.5. The van der Waals surface area contributed by atoms with Gasteiger partial charge in [-0.1, -0.05) is 12.1 Å². The molecule has 10 nitrogen and oxygen atoms in total. The summed E-state index contributed by atoms with van der Waals surface area (Å²) in [7, 11) is 2.63. The van der Waals surface area contributed by atoms with Gasteiger partial charge in [-0.15, -0.1) is 0 Å². The number of para-hydroxylation sites is 2. The van der Waals surface area contributed by atoms with E-state index in [0.717, 1.165) is 12.8 Å². The number of benzene rings is 2. The summed E-state index contributed by atoms with van der Waals surface area (Å²) in [6, 6.07) is 7.99. The zero-order valence-corrected chi connectivity index (χ0v) is 18.1. The van der Waals surface area contributed by atoms with Crippen molar-refractivity contribution in [1.29, 1.82) is 0 Å². The molecule has 3 rings (SSSR count). The highest BCUT2D eigenvalue weighted by molar-refractivity contribution is 5.96. The first kappa shape index (κ1) is 23.1. The molecule has 2 aromatic rings. The molecule has 0 aromatic heterocycles. The van der Waals surface area contributed by atoms with Gasteiger partial charge in [0, 0.05) is 12.5 Å². The molecule has 0 aliphatic carbocycles. The third-order valence-electron chi connectivity index (χ3n) is 4.73. The van der Waals surface area contributed by atoms with Crippen molar-refractivity contribution >= 4 is 11.7 Å². The first-order valence-corrected chi connectivity index (χ1v) is 10.2. The lowest BCUT2D eigenvalue weighted by molar-refractivity contribution is -0.387. The smallest absolute Gasteiger partial charge is 0.357 e. The van der Waals surface area contributed by atoms with Crippen molar-refractivity contribution in [2.45, 2.75) is 32.5 Å². The number of ether oxygens (including phenoxy) is 6. The Morgan fingerprint density at radius 2 is 1.91 bits per heavy atom. The molecule has 1 atom stereocenters. The van der Waals surface area contributed by atoms with Crippen LogP contribution in [0.5, 0.6) is 28.7 Å². The largest absolute Gasteiger partial charge is 0.493 e. The second-order valence-electron chi connectivity index (χ2n) is 6.78. The average molecular weight is 447 g/mol. The van der Waals surface area contributed by atoms with Crippen LogP contribution in [-0.2, 0) is 9.47 Å². The van der Waals surface area contributed by atoms with E-state index in [4.69, 9.17) is 28.4 Å². The minimum atomic E-state index is -0.816. The normalized spacial score (nSPS) is 15.5. The van der Waals surface area contributed by atoms with E-state index < -0.39 is 22.9 Å². The molecule has 10 heteroatoms. The maximum atomic E-state index is 12.5. The van der Waals surface area contributed by atoms with Gasteiger partial charge in [-0.25, -0.2) is 4.79 Å². The average Bonchev–Trinajstić information content (AvgIpc) is 2.81. The van der Waals surface area contributed by atoms with Crippen LogP contribution in [0.1, 0.15) is 36.5 Å². The monoisotopic (exact) mass is 447 g/mol. The maximum absolute atomic E-state index is 12.5. The van der Waals surface area contributed by atoms with Gasteiger partial charge in [0.1, 0.15) is 5.56 Å². The van der Waals surface area contributed by atoms with Gasteiger partial charge in [0.15, 0.2) is 23.5 Å². The van der Waals surface area contributed by atoms with E-state index in [0.29, 0.717) is 18.8 Å². The van der Waals surface area contributed by atoms with E-state index in [-0.39, 0.29) is 35.2 Å². The lowest BCUT2D eigenvalue weighted by atomic mass is 10.1. The number of rotatable bonds is 9. The summed E-state index contributed by atoms with van der Waals surface area (Å²) in [6.07, 6.45) is 1.46. The zero-order chi connectivity index (χ0) is 23.1. The molecule has 0 bridgehead atoms. The van der Waals surface area contributed by atoms with Gasteiger partial charge in [0.2, 0.25) is 5.75 Å². The van der Waals surface area contributed by atoms with Gasteiger partial charge < -0.3 is 28.4 Å². The van der Waals surface area contributed by atoms with Gasteiger partial charge in [0.05, 0.1) is 32.4 Å². The molecule has 32 heavy (non-hydrogen) atoms. The quantitative estimate of drug-likeness (QED) is 0.311. The minimum Gasteiger partial charge on any atom is -0.493 e. The molecular weight excluding hydrogens is 422 g/mol. The number of hydrogen-bond donors (Lipinski definition) is 0. The summed E-state index contributed by atoms with van der Waals surface area (Å²) in [6.45, 7) is 2.33. The third kappa shape index (κ3) is 5.02. The summed E-state index contributed by atoms with van der Waals surface area (Å²) in [5, 5.41) is 12.2. The lowest BCUT2D eigenvalue weighted by Gasteiger charge is -2.25. The highest BCUT2D eigenvalue weighted by Crippen LogP contribution is 2.50. The van der Waals surface area contributed by atoms with Crippen LogP contribution in [0.3, 0.4) is 0 Å². The molecule has 0 N–H and O–H groups in total. The number of carbonyl (C=O) groups excluding carboxylic acids is 1. The molecular formula is C22H25NO9. The van der Waals surface area contributed by atoms with Crippen LogP contribution in [0, 0.1) is 10.1 Å². The molecule has 0 radical (unpaired) electrons. The van der Waals surface area contributed by atoms with Gasteiger partial charge in [-0.05, 0) is 31.9 Å². The molecule has 172 valence electrons. The standard InChI is InChI=1S/C22H25NO9/c1-4-29-17-13-14(22(24)28-3)20(32-18-11-7-8-12-30-18)19(23(25)26)21(17)31-16-10-6-5-9-15(16)27-2/h5-6,9-10,13,18H,4,7-8,11-12H2,1-3H3. The lowest BCUT2D eigenvalue weighted by Crippen LogP contribution is -2.26. The van der Waals surface area contributed by atoms with Crippen molar-refractivity contribution in [2.75, 3.05) is 27.4 Å². The van der Waals surface area contributed by atoms with Crippen molar-refractivity contribution in [2.24, 2.45) is 0 Å². The van der Waals surface area contributed by atoms with E-state index in [9.17, 15) is 14.9 Å². The van der Waals surface area contributed by atoms with Crippen LogP contribution in [0.4, 0.5) is 5.69 Å². The van der Waals surface area contributed by atoms with Crippen LogP contribution in [0.15, 0.2) is 30.3 Å². The number of hydrogen-bond acceptors (Lipinski definition) is 9. The fourth-order valence-corrected chi connectivity index (χ4v) is 3.27. The van der Waals surface area contributed by atoms with Crippen LogP contribution in [0.25, 0.3) is 0 Å². The van der Waals surface area contributed by atoms with Crippen molar-refractivity contribution in [3.8, 4) is 28.7 Å². The minimum absolute atomic E-state index is 0.0116. The number of esters is 1. The zero-order valence-electron chi connectivity index (χ0n) is 18.1. The van der Waals surface area contributed by atoms with E-state index in [1.54, 1.807) is 31.2 Å². The van der Waals surface area contributed by atoms with Crippen molar-refractivity contribution in [1.82, 2.24) is 0 Å². The van der Waals surface area contributed by atoms with Crippen molar-refractivity contribution in [3.63, 3.8) is 0 Å². The Kier molecular flexibility index (Phi) is 7.72. The fourth-order valence-electron chi connectivity index (χ4n) is 3.27. The van der Waals surface area contributed by atoms with Gasteiger partial charge in [0.25, 0.3) is 5.75 Å². The van der Waals surface area contributed by atoms with Gasteiger partial charge in [-0.2, -0.15) is 0 Å². The van der Waals surface area contributed by atoms with Gasteiger partial charge in [-0.3, -0.25) is 10.1 Å². The Balaban J connectivity index is 2.21. The molecule has 2 aromatic carbocycles. The second kappa shape index (κ2) is 10.7. The Labute approximate surface area is 185 Å². The second-order valence-corrected chi connectivity index (χ2v) is 6.78. The number of nitrogens with zero attached hydrogens (tertiary/aromatic N) is 1. The molecule has 1 aliphatic heterocycles. The predicted octanol–water partition coefficient (Wildman–Crippen LogP) is 4.49. The van der Waals surface area contributed by atoms with E-state index in [1.807, 2.05) is 0 Å². The van der Waals surface area contributed by atoms with E-state index in [1.165, 1.54) is 20.3 Å². The molecule has 0 amide bonds. The Morgan fingerprint density at radius 3 is 2.50 bits per heavy atom. The molecule has 0 spiro atoms. The van der Waals surface area contributed by atoms with Gasteiger partial charge >= 0.3 is 11.7 Å². The third-order valence-corrected chi connectivity index (χ3v) is 4.73. The molecule has 1 unspecified atom stereocenters. The number of carbonyl (C=O) groups is 1. The van der Waals surface area contributed by atoms with Crippen LogP contribution in [-0.4, -0.2) is 44.6 Å². The molecule has 1 heterocycles. The summed E-state index contributed by atoms with van der Waals surface area (Å²) >= 11 is 0. The first-order valence-electron chi connectivity index (χ1n) is 10.2. The molecule has 1 aliphatic rings. The Bertz CT molecular complexity index is 970. The summed E-state index contributed by atoms with van der Waals surface area (Å²) in [5.74, 6) is -0.767. The SMILES string of the molecule is CCOc1cc(C(=O)OC)c(OC2CCCCO2)c([N+](=O)[O-])c1Oc1ccccc1OC. The topological polar surface area (TPSA) is 116 Å². The highest BCUT2D eigenvalue weighted by Gasteiger charge is 2.36. The highest BCUT2D eigenvalue weighted by atomic mass is 16.7. The summed E-state index contributed by atoms with van der Waals surface area (Å²) in [4.78, 5) is 24.0. The summed E-state index contributed by atoms with van der Waals surface area (Å²) < 4.78 is 33.0. The van der Waals surface area contributed by atoms with E-state index in [2.05, 4.69) is 0 Å². The molecule has 1 fully saturated rings. The summed E-state index contributed by atoms with van der Waals surface area (Å²) in [5.41, 5.74) is -0.736. The van der Waals surface area contributed by atoms with Crippen LogP contribution >= 0.6 is 0 Å². The maximum Gasteiger partial charge on any atom is 0.357 e. The number of nitro benzene ring substituents is 1. The Hall–Kier alpha value is -3.53. The number of nitro groups is 1. The van der Waals surface area contributed by atoms with E-state index >= 15 is 0 Å². The predicted molar refractivity (Wildman–Crippen MR) is 113 cm³/mol. The van der Waals surface area contributed by atoms with Crippen molar-refractivity contribution in [3.05, 3.63) is 46.0 Å².